The van der Waals surface area contributed by atoms with Gasteiger partial charge in [0.05, 0.1) is 0 Å². The number of hydrogen-bond acceptors (Lipinski definition) is 3. The Morgan fingerprint density at radius 1 is 1.11 bits per heavy atom. The molecule has 3 rings (SSSR count). The van der Waals surface area contributed by atoms with Crippen LogP contribution in [0.2, 0.25) is 0 Å². The minimum Gasteiger partial charge on any atom is -0.352 e. The fourth-order valence-corrected chi connectivity index (χ4v) is 4.89. The van der Waals surface area contributed by atoms with Gasteiger partial charge in [-0.05, 0) is 30.9 Å². The highest BCUT2D eigenvalue weighted by Crippen LogP contribution is 2.41. The van der Waals surface area contributed by atoms with Crippen LogP contribution in [0.15, 0.2) is 60.7 Å². The highest BCUT2D eigenvalue weighted by atomic mass is 32.2. The molecule has 1 aliphatic heterocycles. The highest BCUT2D eigenvalue weighted by molar-refractivity contribution is 7.99. The van der Waals surface area contributed by atoms with Gasteiger partial charge in [-0.2, -0.15) is 0 Å². The van der Waals surface area contributed by atoms with Gasteiger partial charge in [0.25, 0.3) is 0 Å². The summed E-state index contributed by atoms with van der Waals surface area (Å²) in [6, 6.07) is 19.8. The summed E-state index contributed by atoms with van der Waals surface area (Å²) in [5, 5.41) is 3.00. The molecule has 0 saturated carbocycles. The Balaban J connectivity index is 1.60. The molecule has 142 valence electrons. The van der Waals surface area contributed by atoms with Crippen LogP contribution in [0.3, 0.4) is 0 Å². The van der Waals surface area contributed by atoms with Crippen molar-refractivity contribution in [2.24, 2.45) is 0 Å². The highest BCUT2D eigenvalue weighted by Gasteiger charge is 2.40. The fraction of sp³-hybridized carbons (Fsp3) is 0.364. The molecule has 1 fully saturated rings. The predicted molar refractivity (Wildman–Crippen MR) is 110 cm³/mol. The predicted octanol–water partition coefficient (Wildman–Crippen LogP) is 3.79. The number of carbonyl (C=O) groups is 2. The zero-order chi connectivity index (χ0) is 19.2. The van der Waals surface area contributed by atoms with Crippen molar-refractivity contribution >= 4 is 23.6 Å². The molecule has 2 aromatic rings. The Labute approximate surface area is 165 Å². The van der Waals surface area contributed by atoms with E-state index in [4.69, 9.17) is 0 Å². The van der Waals surface area contributed by atoms with Crippen LogP contribution >= 0.6 is 11.8 Å². The average molecular weight is 383 g/mol. The number of aryl methyl sites for hydroxylation is 1. The van der Waals surface area contributed by atoms with E-state index in [2.05, 4.69) is 17.4 Å². The first-order valence-corrected chi connectivity index (χ1v) is 10.4. The second kappa shape index (κ2) is 9.09. The van der Waals surface area contributed by atoms with E-state index < -0.39 is 6.04 Å². The zero-order valence-corrected chi connectivity index (χ0v) is 16.6. The quantitative estimate of drug-likeness (QED) is 0.827. The molecule has 0 aliphatic carbocycles. The summed E-state index contributed by atoms with van der Waals surface area (Å²) in [5.41, 5.74) is 2.33. The fourth-order valence-electron chi connectivity index (χ4n) is 3.41. The SMILES string of the molecule is CC(=O)N1C(C(=O)NC(C)CCc2ccccc2)CSC1c1ccccc1. The zero-order valence-electron chi connectivity index (χ0n) is 15.8. The smallest absolute Gasteiger partial charge is 0.243 e. The Kier molecular flexibility index (Phi) is 6.56. The topological polar surface area (TPSA) is 49.4 Å². The molecule has 5 heteroatoms. The molecule has 3 unspecified atom stereocenters. The van der Waals surface area contributed by atoms with Crippen molar-refractivity contribution in [2.45, 2.75) is 44.1 Å². The lowest BCUT2D eigenvalue weighted by molar-refractivity contribution is -0.138. The van der Waals surface area contributed by atoms with E-state index in [1.54, 1.807) is 23.6 Å². The largest absolute Gasteiger partial charge is 0.352 e. The number of nitrogens with one attached hydrogen (secondary N) is 1. The van der Waals surface area contributed by atoms with Gasteiger partial charge in [0.15, 0.2) is 0 Å². The van der Waals surface area contributed by atoms with Crippen LogP contribution in [0.1, 0.15) is 36.8 Å². The number of rotatable bonds is 6. The summed E-state index contributed by atoms with van der Waals surface area (Å²) in [5.74, 6) is 0.499. The molecule has 0 aromatic heterocycles. The molecule has 4 nitrogen and oxygen atoms in total. The van der Waals surface area contributed by atoms with Crippen LogP contribution in [0, 0.1) is 0 Å². The Hall–Kier alpha value is -2.27. The van der Waals surface area contributed by atoms with Crippen LogP contribution in [-0.2, 0) is 16.0 Å². The average Bonchev–Trinajstić information content (AvgIpc) is 3.13. The van der Waals surface area contributed by atoms with Crippen molar-refractivity contribution in [1.29, 1.82) is 0 Å². The Morgan fingerprint density at radius 2 is 1.74 bits per heavy atom. The summed E-state index contributed by atoms with van der Waals surface area (Å²) in [7, 11) is 0. The summed E-state index contributed by atoms with van der Waals surface area (Å²) >= 11 is 1.65. The van der Waals surface area contributed by atoms with Gasteiger partial charge in [0, 0.05) is 18.7 Å². The molecule has 0 radical (unpaired) electrons. The molecule has 2 aromatic carbocycles. The molecule has 27 heavy (non-hydrogen) atoms. The maximum Gasteiger partial charge on any atom is 0.243 e. The molecule has 1 saturated heterocycles. The number of thioether (sulfide) groups is 1. The van der Waals surface area contributed by atoms with E-state index in [9.17, 15) is 9.59 Å². The molecule has 0 spiro atoms. The first kappa shape index (κ1) is 19.5. The molecule has 2 amide bonds. The van der Waals surface area contributed by atoms with E-state index in [-0.39, 0.29) is 23.2 Å². The van der Waals surface area contributed by atoms with Crippen molar-refractivity contribution in [3.8, 4) is 0 Å². The van der Waals surface area contributed by atoms with Gasteiger partial charge in [0.1, 0.15) is 11.4 Å². The number of benzene rings is 2. The summed E-state index contributed by atoms with van der Waals surface area (Å²) in [6.45, 7) is 3.57. The van der Waals surface area contributed by atoms with Crippen LogP contribution in [0.25, 0.3) is 0 Å². The summed E-state index contributed by atoms with van der Waals surface area (Å²) < 4.78 is 0. The van der Waals surface area contributed by atoms with E-state index in [1.165, 1.54) is 5.56 Å². The maximum absolute atomic E-state index is 12.8. The van der Waals surface area contributed by atoms with Crippen molar-refractivity contribution in [3.63, 3.8) is 0 Å². The summed E-state index contributed by atoms with van der Waals surface area (Å²) in [4.78, 5) is 26.8. The van der Waals surface area contributed by atoms with Crippen molar-refractivity contribution in [2.75, 3.05) is 5.75 Å². The van der Waals surface area contributed by atoms with E-state index in [0.717, 1.165) is 18.4 Å². The minimum absolute atomic E-state index is 0.0586. The van der Waals surface area contributed by atoms with Gasteiger partial charge in [-0.25, -0.2) is 0 Å². The van der Waals surface area contributed by atoms with Crippen molar-refractivity contribution in [1.82, 2.24) is 10.2 Å². The number of nitrogens with zero attached hydrogens (tertiary/aromatic N) is 1. The number of hydrogen-bond donors (Lipinski definition) is 1. The van der Waals surface area contributed by atoms with Crippen LogP contribution in [-0.4, -0.2) is 34.6 Å². The molecular formula is C22H26N2O2S. The third kappa shape index (κ3) is 4.92. The molecule has 1 heterocycles. The normalized spacial score (nSPS) is 20.3. The Bertz CT molecular complexity index is 766. The first-order valence-electron chi connectivity index (χ1n) is 9.36. The third-order valence-electron chi connectivity index (χ3n) is 4.85. The van der Waals surface area contributed by atoms with Crippen LogP contribution < -0.4 is 5.32 Å². The number of carbonyl (C=O) groups excluding carboxylic acids is 2. The lowest BCUT2D eigenvalue weighted by Crippen LogP contribution is -2.49. The van der Waals surface area contributed by atoms with Gasteiger partial charge in [-0.1, -0.05) is 60.7 Å². The van der Waals surface area contributed by atoms with Gasteiger partial charge in [-0.3, -0.25) is 9.59 Å². The van der Waals surface area contributed by atoms with Crippen LogP contribution in [0.5, 0.6) is 0 Å². The number of amides is 2. The molecule has 0 bridgehead atoms. The lowest BCUT2D eigenvalue weighted by Gasteiger charge is -2.28. The lowest BCUT2D eigenvalue weighted by atomic mass is 10.1. The molecular weight excluding hydrogens is 356 g/mol. The third-order valence-corrected chi connectivity index (χ3v) is 6.17. The van der Waals surface area contributed by atoms with Gasteiger partial charge in [0.2, 0.25) is 11.8 Å². The monoisotopic (exact) mass is 382 g/mol. The molecule has 1 aliphatic rings. The first-order chi connectivity index (χ1) is 13.1. The minimum atomic E-state index is -0.420. The Morgan fingerprint density at radius 3 is 2.37 bits per heavy atom. The van der Waals surface area contributed by atoms with Gasteiger partial charge in [-0.15, -0.1) is 11.8 Å². The summed E-state index contributed by atoms with van der Waals surface area (Å²) in [6.07, 6.45) is 1.79. The second-order valence-corrected chi connectivity index (χ2v) is 8.09. The molecule has 1 N–H and O–H groups in total. The van der Waals surface area contributed by atoms with E-state index in [0.29, 0.717) is 5.75 Å². The van der Waals surface area contributed by atoms with Crippen molar-refractivity contribution in [3.05, 3.63) is 71.8 Å². The second-order valence-electron chi connectivity index (χ2n) is 6.97. The van der Waals surface area contributed by atoms with Gasteiger partial charge < -0.3 is 10.2 Å². The van der Waals surface area contributed by atoms with Gasteiger partial charge >= 0.3 is 0 Å². The van der Waals surface area contributed by atoms with Crippen molar-refractivity contribution < 1.29 is 9.59 Å². The molecule has 3 atom stereocenters. The standard InChI is InChI=1S/C22H26N2O2S/c1-16(13-14-18-9-5-3-6-10-18)23-21(26)20-15-27-22(24(20)17(2)25)19-11-7-4-8-12-19/h3-12,16,20,22H,13-15H2,1-2H3,(H,23,26). The van der Waals surface area contributed by atoms with Crippen LogP contribution in [0.4, 0.5) is 0 Å². The maximum atomic E-state index is 12.8. The van der Waals surface area contributed by atoms with E-state index >= 15 is 0 Å². The van der Waals surface area contributed by atoms with E-state index in [1.807, 2.05) is 55.5 Å².